The van der Waals surface area contributed by atoms with E-state index in [1.54, 1.807) is 12.5 Å². The quantitative estimate of drug-likeness (QED) is 0.740. The van der Waals surface area contributed by atoms with Gasteiger partial charge >= 0.3 is 0 Å². The molecule has 0 aliphatic rings. The Kier molecular flexibility index (Phi) is 3.39. The molecule has 2 N–H and O–H groups in total. The van der Waals surface area contributed by atoms with Gasteiger partial charge in [0.2, 0.25) is 0 Å². The van der Waals surface area contributed by atoms with E-state index in [0.29, 0.717) is 6.54 Å². The Balaban J connectivity index is 2.01. The van der Waals surface area contributed by atoms with E-state index in [0.717, 1.165) is 26.5 Å². The first kappa shape index (κ1) is 12.1. The lowest BCUT2D eigenvalue weighted by Crippen LogP contribution is -1.96. The number of hydrogen-bond donors (Lipinski definition) is 1. The summed E-state index contributed by atoms with van der Waals surface area (Å²) in [4.78, 5) is 12.9. The van der Waals surface area contributed by atoms with Gasteiger partial charge in [-0.15, -0.1) is 0 Å². The molecule has 0 fully saturated rings. The van der Waals surface area contributed by atoms with Gasteiger partial charge in [-0.05, 0) is 35.5 Å². The average molecular weight is 268 g/mol. The van der Waals surface area contributed by atoms with Crippen LogP contribution in [0.5, 0.6) is 0 Å². The predicted octanol–water partition coefficient (Wildman–Crippen LogP) is 2.63. The van der Waals surface area contributed by atoms with E-state index < -0.39 is 0 Å². The van der Waals surface area contributed by atoms with Crippen LogP contribution in [-0.2, 0) is 6.54 Å². The third kappa shape index (κ3) is 2.57. The second-order valence-electron chi connectivity index (χ2n) is 4.00. The Morgan fingerprint density at radius 3 is 2.84 bits per heavy atom. The first-order valence-electron chi connectivity index (χ1n) is 5.89. The Labute approximate surface area is 115 Å². The van der Waals surface area contributed by atoms with Crippen LogP contribution in [-0.4, -0.2) is 15.0 Å². The van der Waals surface area contributed by atoms with Crippen LogP contribution in [0.25, 0.3) is 10.9 Å². The highest BCUT2D eigenvalue weighted by atomic mass is 32.2. The molecule has 0 saturated heterocycles. The van der Waals surface area contributed by atoms with Gasteiger partial charge < -0.3 is 5.73 Å². The van der Waals surface area contributed by atoms with Gasteiger partial charge in [-0.1, -0.05) is 18.2 Å². The van der Waals surface area contributed by atoms with Crippen LogP contribution in [0.4, 0.5) is 0 Å². The molecule has 5 heteroatoms. The van der Waals surface area contributed by atoms with Crippen LogP contribution in [0.1, 0.15) is 5.56 Å². The van der Waals surface area contributed by atoms with Gasteiger partial charge in [-0.2, -0.15) is 0 Å². The summed E-state index contributed by atoms with van der Waals surface area (Å²) in [5, 5.41) is 2.84. The highest BCUT2D eigenvalue weighted by Gasteiger charge is 2.06. The molecule has 0 atom stereocenters. The molecule has 0 bridgehead atoms. The number of hydrogen-bond acceptors (Lipinski definition) is 5. The van der Waals surface area contributed by atoms with E-state index in [9.17, 15) is 0 Å². The maximum absolute atomic E-state index is 5.64. The minimum absolute atomic E-state index is 0.514. The summed E-state index contributed by atoms with van der Waals surface area (Å²) in [6, 6.07) is 11.9. The molecule has 19 heavy (non-hydrogen) atoms. The summed E-state index contributed by atoms with van der Waals surface area (Å²) in [5.41, 5.74) is 7.65. The minimum atomic E-state index is 0.514. The normalized spacial score (nSPS) is 10.8. The molecular weight excluding hydrogens is 256 g/mol. The molecular formula is C14H12N4S. The monoisotopic (exact) mass is 268 g/mol. The molecule has 2 heterocycles. The van der Waals surface area contributed by atoms with E-state index in [2.05, 4.69) is 15.0 Å². The standard InChI is InChI=1S/C14H12N4S/c15-8-10-5-6-16-13(7-10)19-14-11-3-1-2-4-12(11)17-9-18-14/h1-7,9H,8,15H2. The Bertz CT molecular complexity index is 709. The zero-order chi connectivity index (χ0) is 13.1. The van der Waals surface area contributed by atoms with Gasteiger partial charge in [0, 0.05) is 18.1 Å². The van der Waals surface area contributed by atoms with Gasteiger partial charge in [-0.25, -0.2) is 15.0 Å². The largest absolute Gasteiger partial charge is 0.326 e. The number of aromatic nitrogens is 3. The van der Waals surface area contributed by atoms with Crippen molar-refractivity contribution >= 4 is 22.7 Å². The minimum Gasteiger partial charge on any atom is -0.326 e. The fourth-order valence-corrected chi connectivity index (χ4v) is 2.70. The first-order valence-corrected chi connectivity index (χ1v) is 6.71. The van der Waals surface area contributed by atoms with Crippen molar-refractivity contribution in [3.63, 3.8) is 0 Å². The third-order valence-electron chi connectivity index (χ3n) is 2.74. The van der Waals surface area contributed by atoms with Crippen LogP contribution in [0.3, 0.4) is 0 Å². The van der Waals surface area contributed by atoms with Crippen LogP contribution in [0.2, 0.25) is 0 Å². The van der Waals surface area contributed by atoms with Crippen molar-refractivity contribution < 1.29 is 0 Å². The number of pyridine rings is 1. The molecule has 2 aromatic heterocycles. The molecule has 4 nitrogen and oxygen atoms in total. The molecule has 0 saturated carbocycles. The zero-order valence-corrected chi connectivity index (χ0v) is 11.0. The lowest BCUT2D eigenvalue weighted by molar-refractivity contribution is 1.01. The van der Waals surface area contributed by atoms with Crippen LogP contribution >= 0.6 is 11.8 Å². The molecule has 3 rings (SSSR count). The predicted molar refractivity (Wildman–Crippen MR) is 75.8 cm³/mol. The second kappa shape index (κ2) is 5.34. The molecule has 0 radical (unpaired) electrons. The summed E-state index contributed by atoms with van der Waals surface area (Å²) < 4.78 is 0. The molecule has 1 aromatic carbocycles. The summed E-state index contributed by atoms with van der Waals surface area (Å²) in [6.45, 7) is 0.514. The third-order valence-corrected chi connectivity index (χ3v) is 3.69. The lowest BCUT2D eigenvalue weighted by Gasteiger charge is -2.04. The number of rotatable bonds is 3. The maximum atomic E-state index is 5.64. The van der Waals surface area contributed by atoms with Crippen molar-refractivity contribution in [1.82, 2.24) is 15.0 Å². The van der Waals surface area contributed by atoms with Gasteiger partial charge in [0.05, 0.1) is 5.52 Å². The van der Waals surface area contributed by atoms with Gasteiger partial charge in [0.25, 0.3) is 0 Å². The van der Waals surface area contributed by atoms with Crippen LogP contribution < -0.4 is 5.73 Å². The molecule has 3 aromatic rings. The lowest BCUT2D eigenvalue weighted by atomic mass is 10.2. The van der Waals surface area contributed by atoms with E-state index >= 15 is 0 Å². The zero-order valence-electron chi connectivity index (χ0n) is 10.2. The van der Waals surface area contributed by atoms with Crippen molar-refractivity contribution in [3.05, 3.63) is 54.5 Å². The summed E-state index contributed by atoms with van der Waals surface area (Å²) >= 11 is 1.53. The smallest absolute Gasteiger partial charge is 0.117 e. The molecule has 0 unspecified atom stereocenters. The van der Waals surface area contributed by atoms with Crippen molar-refractivity contribution in [2.45, 2.75) is 16.6 Å². The van der Waals surface area contributed by atoms with Crippen molar-refractivity contribution in [1.29, 1.82) is 0 Å². The Morgan fingerprint density at radius 2 is 1.95 bits per heavy atom. The average Bonchev–Trinajstić information content (AvgIpc) is 2.48. The summed E-state index contributed by atoms with van der Waals surface area (Å²) in [5.74, 6) is 0. The highest BCUT2D eigenvalue weighted by molar-refractivity contribution is 7.99. The summed E-state index contributed by atoms with van der Waals surface area (Å²) in [6.07, 6.45) is 3.35. The first-order chi connectivity index (χ1) is 9.36. The van der Waals surface area contributed by atoms with E-state index in [1.807, 2.05) is 36.4 Å². The van der Waals surface area contributed by atoms with E-state index in [4.69, 9.17) is 5.73 Å². The van der Waals surface area contributed by atoms with Crippen molar-refractivity contribution in [2.24, 2.45) is 5.73 Å². The summed E-state index contributed by atoms with van der Waals surface area (Å²) in [7, 11) is 0. The van der Waals surface area contributed by atoms with Crippen molar-refractivity contribution in [3.8, 4) is 0 Å². The SMILES string of the molecule is NCc1ccnc(Sc2ncnc3ccccc23)c1. The van der Waals surface area contributed by atoms with Gasteiger partial charge in [-0.3, -0.25) is 0 Å². The highest BCUT2D eigenvalue weighted by Crippen LogP contribution is 2.29. The molecule has 94 valence electrons. The Hall–Kier alpha value is -1.98. The van der Waals surface area contributed by atoms with Gasteiger partial charge in [0.15, 0.2) is 0 Å². The number of nitrogens with two attached hydrogens (primary N) is 1. The van der Waals surface area contributed by atoms with E-state index in [-0.39, 0.29) is 0 Å². The Morgan fingerprint density at radius 1 is 1.05 bits per heavy atom. The fraction of sp³-hybridized carbons (Fsp3) is 0.0714. The number of fused-ring (bicyclic) bond motifs is 1. The van der Waals surface area contributed by atoms with E-state index in [1.165, 1.54) is 11.8 Å². The van der Waals surface area contributed by atoms with Crippen LogP contribution in [0.15, 0.2) is 59.0 Å². The topological polar surface area (TPSA) is 64.7 Å². The molecule has 0 amide bonds. The number of para-hydroxylation sites is 1. The second-order valence-corrected chi connectivity index (χ2v) is 5.01. The maximum Gasteiger partial charge on any atom is 0.117 e. The molecule has 0 aliphatic carbocycles. The number of benzene rings is 1. The van der Waals surface area contributed by atoms with Gasteiger partial charge in [0.1, 0.15) is 16.4 Å². The van der Waals surface area contributed by atoms with Crippen LogP contribution in [0, 0.1) is 0 Å². The fourth-order valence-electron chi connectivity index (χ4n) is 1.79. The molecule has 0 spiro atoms. The van der Waals surface area contributed by atoms with Crippen molar-refractivity contribution in [2.75, 3.05) is 0 Å². The molecule has 0 aliphatic heterocycles. The number of nitrogens with zero attached hydrogens (tertiary/aromatic N) is 3.